The summed E-state index contributed by atoms with van der Waals surface area (Å²) in [5, 5.41) is 0.601. The average Bonchev–Trinajstić information content (AvgIpc) is 3.19. The van der Waals surface area contributed by atoms with Crippen LogP contribution in [0.5, 0.6) is 0 Å². The molecular weight excluding hydrogens is 297 g/mol. The first kappa shape index (κ1) is 14.1. The zero-order valence-electron chi connectivity index (χ0n) is 11.2. The lowest BCUT2D eigenvalue weighted by Gasteiger charge is -2.08. The van der Waals surface area contributed by atoms with Gasteiger partial charge < -0.3 is 9.30 Å². The molecule has 0 aliphatic heterocycles. The van der Waals surface area contributed by atoms with Crippen LogP contribution in [0.1, 0.15) is 18.7 Å². The van der Waals surface area contributed by atoms with Crippen molar-refractivity contribution in [2.75, 3.05) is 19.1 Å². The molecule has 0 spiro atoms. The number of imidazole rings is 1. The molecule has 1 aliphatic carbocycles. The second-order valence-electron chi connectivity index (χ2n) is 5.13. The first-order chi connectivity index (χ1) is 9.78. The van der Waals surface area contributed by atoms with Crippen molar-refractivity contribution in [1.82, 2.24) is 14.5 Å². The standard InChI is InChI=1S/C14H17Cl2N3O/c15-4-3-13-18-12-7-11(16)8-17-14(12)19(13)5-6-20-9-10-1-2-10/h7-8,10H,1-6,9H2. The number of alkyl halides is 1. The monoisotopic (exact) mass is 313 g/mol. The van der Waals surface area contributed by atoms with Crippen LogP contribution in [0.15, 0.2) is 12.3 Å². The highest BCUT2D eigenvalue weighted by molar-refractivity contribution is 6.31. The van der Waals surface area contributed by atoms with Crippen LogP contribution in [-0.4, -0.2) is 33.6 Å². The Labute approximate surface area is 128 Å². The molecule has 0 atom stereocenters. The van der Waals surface area contributed by atoms with Gasteiger partial charge in [0, 0.05) is 31.6 Å². The van der Waals surface area contributed by atoms with E-state index < -0.39 is 0 Å². The molecule has 0 saturated heterocycles. The molecule has 1 aliphatic rings. The van der Waals surface area contributed by atoms with Gasteiger partial charge in [-0.1, -0.05) is 11.6 Å². The number of hydrogen-bond donors (Lipinski definition) is 0. The van der Waals surface area contributed by atoms with Crippen molar-refractivity contribution in [2.24, 2.45) is 5.92 Å². The lowest BCUT2D eigenvalue weighted by atomic mass is 10.4. The number of ether oxygens (including phenoxy) is 1. The maximum absolute atomic E-state index is 5.96. The fraction of sp³-hybridized carbons (Fsp3) is 0.571. The van der Waals surface area contributed by atoms with Crippen molar-refractivity contribution in [3.8, 4) is 0 Å². The number of aryl methyl sites for hydroxylation is 1. The van der Waals surface area contributed by atoms with Crippen LogP contribution in [-0.2, 0) is 17.7 Å². The zero-order valence-corrected chi connectivity index (χ0v) is 12.7. The van der Waals surface area contributed by atoms with Gasteiger partial charge in [0.15, 0.2) is 5.65 Å². The van der Waals surface area contributed by atoms with E-state index in [2.05, 4.69) is 14.5 Å². The smallest absolute Gasteiger partial charge is 0.160 e. The summed E-state index contributed by atoms with van der Waals surface area (Å²) in [6.45, 7) is 2.31. The molecule has 1 saturated carbocycles. The van der Waals surface area contributed by atoms with Crippen molar-refractivity contribution in [2.45, 2.75) is 25.8 Å². The van der Waals surface area contributed by atoms with Crippen LogP contribution in [0.25, 0.3) is 11.2 Å². The summed E-state index contributed by atoms with van der Waals surface area (Å²) in [6, 6.07) is 1.84. The Bertz CT molecular complexity index is 595. The van der Waals surface area contributed by atoms with Crippen molar-refractivity contribution in [1.29, 1.82) is 0 Å². The maximum Gasteiger partial charge on any atom is 0.160 e. The number of aromatic nitrogens is 3. The minimum Gasteiger partial charge on any atom is -0.379 e. The predicted octanol–water partition coefficient (Wildman–Crippen LogP) is 3.29. The Balaban J connectivity index is 1.76. The minimum atomic E-state index is 0.542. The molecule has 6 heteroatoms. The molecule has 0 amide bonds. The van der Waals surface area contributed by atoms with Gasteiger partial charge >= 0.3 is 0 Å². The second-order valence-corrected chi connectivity index (χ2v) is 5.95. The van der Waals surface area contributed by atoms with E-state index in [1.165, 1.54) is 12.8 Å². The minimum absolute atomic E-state index is 0.542. The SMILES string of the molecule is ClCCc1nc2cc(Cl)cnc2n1CCOCC1CC1. The molecule has 4 nitrogen and oxygen atoms in total. The quantitative estimate of drug-likeness (QED) is 0.581. The van der Waals surface area contributed by atoms with Gasteiger partial charge in [-0.3, -0.25) is 0 Å². The number of fused-ring (bicyclic) bond motifs is 1. The highest BCUT2D eigenvalue weighted by Crippen LogP contribution is 2.28. The third-order valence-corrected chi connectivity index (χ3v) is 3.85. The van der Waals surface area contributed by atoms with Gasteiger partial charge in [0.2, 0.25) is 0 Å². The Morgan fingerprint density at radius 2 is 2.25 bits per heavy atom. The van der Waals surface area contributed by atoms with E-state index >= 15 is 0 Å². The molecule has 0 unspecified atom stereocenters. The van der Waals surface area contributed by atoms with Gasteiger partial charge in [-0.05, 0) is 24.8 Å². The number of nitrogens with zero attached hydrogens (tertiary/aromatic N) is 3. The molecular formula is C14H17Cl2N3O. The van der Waals surface area contributed by atoms with E-state index in [1.54, 1.807) is 6.20 Å². The number of hydrogen-bond acceptors (Lipinski definition) is 3. The largest absolute Gasteiger partial charge is 0.379 e. The van der Waals surface area contributed by atoms with Gasteiger partial charge in [-0.15, -0.1) is 11.6 Å². The molecule has 20 heavy (non-hydrogen) atoms. The zero-order chi connectivity index (χ0) is 13.9. The van der Waals surface area contributed by atoms with Gasteiger partial charge in [-0.2, -0.15) is 0 Å². The van der Waals surface area contributed by atoms with Crippen LogP contribution >= 0.6 is 23.2 Å². The van der Waals surface area contributed by atoms with Crippen LogP contribution in [0, 0.1) is 5.92 Å². The van der Waals surface area contributed by atoms with Gasteiger partial charge in [0.1, 0.15) is 11.3 Å². The van der Waals surface area contributed by atoms with Gasteiger partial charge in [0.25, 0.3) is 0 Å². The summed E-state index contributed by atoms with van der Waals surface area (Å²) >= 11 is 11.8. The third kappa shape index (κ3) is 3.25. The molecule has 3 rings (SSSR count). The van der Waals surface area contributed by atoms with E-state index in [1.807, 2.05) is 6.07 Å². The Hall–Kier alpha value is -0.840. The summed E-state index contributed by atoms with van der Waals surface area (Å²) in [5.41, 5.74) is 1.67. The number of pyridine rings is 1. The topological polar surface area (TPSA) is 39.9 Å². The van der Waals surface area contributed by atoms with Crippen LogP contribution in [0.4, 0.5) is 0 Å². The molecule has 0 radical (unpaired) electrons. The highest BCUT2D eigenvalue weighted by Gasteiger charge is 2.21. The molecule has 2 heterocycles. The highest BCUT2D eigenvalue weighted by atomic mass is 35.5. The Morgan fingerprint density at radius 1 is 1.40 bits per heavy atom. The molecule has 0 N–H and O–H groups in total. The van der Waals surface area contributed by atoms with E-state index in [4.69, 9.17) is 27.9 Å². The number of rotatable bonds is 7. The first-order valence-corrected chi connectivity index (χ1v) is 7.83. The molecule has 0 aromatic carbocycles. The van der Waals surface area contributed by atoms with Crippen LogP contribution in [0.2, 0.25) is 5.02 Å². The third-order valence-electron chi connectivity index (χ3n) is 3.46. The average molecular weight is 314 g/mol. The summed E-state index contributed by atoms with van der Waals surface area (Å²) in [4.78, 5) is 8.95. The van der Waals surface area contributed by atoms with Crippen LogP contribution in [0.3, 0.4) is 0 Å². The van der Waals surface area contributed by atoms with E-state index in [9.17, 15) is 0 Å². The summed E-state index contributed by atoms with van der Waals surface area (Å²) in [5.74, 6) is 2.27. The lowest BCUT2D eigenvalue weighted by molar-refractivity contribution is 0.117. The maximum atomic E-state index is 5.96. The fourth-order valence-electron chi connectivity index (χ4n) is 2.23. The van der Waals surface area contributed by atoms with Crippen molar-refractivity contribution >= 4 is 34.4 Å². The Morgan fingerprint density at radius 3 is 3.00 bits per heavy atom. The van der Waals surface area contributed by atoms with E-state index in [0.717, 1.165) is 42.5 Å². The van der Waals surface area contributed by atoms with Crippen molar-refractivity contribution in [3.05, 3.63) is 23.1 Å². The van der Waals surface area contributed by atoms with E-state index in [-0.39, 0.29) is 0 Å². The predicted molar refractivity (Wildman–Crippen MR) is 80.5 cm³/mol. The normalized spacial score (nSPS) is 15.1. The van der Waals surface area contributed by atoms with Crippen molar-refractivity contribution in [3.63, 3.8) is 0 Å². The lowest BCUT2D eigenvalue weighted by Crippen LogP contribution is -2.11. The molecule has 1 fully saturated rings. The van der Waals surface area contributed by atoms with E-state index in [0.29, 0.717) is 17.5 Å². The van der Waals surface area contributed by atoms with Gasteiger partial charge in [-0.25, -0.2) is 9.97 Å². The fourth-order valence-corrected chi connectivity index (χ4v) is 2.56. The van der Waals surface area contributed by atoms with Crippen LogP contribution < -0.4 is 0 Å². The molecule has 108 valence electrons. The molecule has 2 aromatic rings. The first-order valence-electron chi connectivity index (χ1n) is 6.92. The summed E-state index contributed by atoms with van der Waals surface area (Å²) in [6.07, 6.45) is 4.99. The summed E-state index contributed by atoms with van der Waals surface area (Å²) in [7, 11) is 0. The molecule has 0 bridgehead atoms. The van der Waals surface area contributed by atoms with Gasteiger partial charge in [0.05, 0.1) is 11.6 Å². The Kier molecular flexibility index (Phi) is 4.44. The van der Waals surface area contributed by atoms with Crippen molar-refractivity contribution < 1.29 is 4.74 Å². The number of halogens is 2. The second kappa shape index (κ2) is 6.29. The molecule has 2 aromatic heterocycles. The summed E-state index contributed by atoms with van der Waals surface area (Å²) < 4.78 is 7.79.